The Kier molecular flexibility index (Phi) is 4.10. The van der Waals surface area contributed by atoms with Crippen molar-refractivity contribution in [1.82, 2.24) is 14.9 Å². The second-order valence-corrected chi connectivity index (χ2v) is 7.06. The molecule has 1 aromatic rings. The summed E-state index contributed by atoms with van der Waals surface area (Å²) < 4.78 is 8.59. The molecule has 0 aliphatic carbocycles. The van der Waals surface area contributed by atoms with Crippen LogP contribution in [0.5, 0.6) is 0 Å². The molecule has 4 heteroatoms. The van der Waals surface area contributed by atoms with Crippen LogP contribution >= 0.6 is 0 Å². The maximum Gasteiger partial charge on any atom is 0.0951 e. The van der Waals surface area contributed by atoms with Gasteiger partial charge in [0.2, 0.25) is 0 Å². The minimum Gasteiger partial charge on any atom is -0.375 e. The minimum absolute atomic E-state index is 0.0687. The van der Waals surface area contributed by atoms with Crippen molar-refractivity contribution in [3.05, 3.63) is 18.2 Å². The first-order chi connectivity index (χ1) is 10.1. The molecule has 2 aliphatic heterocycles. The summed E-state index contributed by atoms with van der Waals surface area (Å²) in [6.07, 6.45) is 9.76. The number of nitrogens with one attached hydrogen (secondary N) is 1. The van der Waals surface area contributed by atoms with Gasteiger partial charge in [-0.05, 0) is 38.6 Å². The van der Waals surface area contributed by atoms with E-state index in [0.29, 0.717) is 6.04 Å². The van der Waals surface area contributed by atoms with E-state index in [1.165, 1.54) is 12.1 Å². The zero-order valence-corrected chi connectivity index (χ0v) is 13.7. The van der Waals surface area contributed by atoms with Crippen LogP contribution in [0.4, 0.5) is 0 Å². The quantitative estimate of drug-likeness (QED) is 0.926. The summed E-state index contributed by atoms with van der Waals surface area (Å²) in [7, 11) is 0. The van der Waals surface area contributed by atoms with Gasteiger partial charge in [-0.15, -0.1) is 0 Å². The molecule has 3 heterocycles. The second kappa shape index (κ2) is 5.73. The highest BCUT2D eigenvalue weighted by atomic mass is 16.5. The molecule has 2 unspecified atom stereocenters. The fourth-order valence-electron chi connectivity index (χ4n) is 4.08. The van der Waals surface area contributed by atoms with E-state index in [9.17, 15) is 0 Å². The largest absolute Gasteiger partial charge is 0.375 e. The highest BCUT2D eigenvalue weighted by molar-refractivity contribution is 5.18. The second-order valence-electron chi connectivity index (χ2n) is 7.06. The van der Waals surface area contributed by atoms with Crippen molar-refractivity contribution in [3.63, 3.8) is 0 Å². The van der Waals surface area contributed by atoms with Crippen LogP contribution in [-0.2, 0) is 10.2 Å². The van der Waals surface area contributed by atoms with Crippen molar-refractivity contribution < 1.29 is 4.74 Å². The molecule has 2 fully saturated rings. The third-order valence-electron chi connectivity index (χ3n) is 5.80. The van der Waals surface area contributed by atoms with Gasteiger partial charge < -0.3 is 14.6 Å². The number of rotatable bonds is 4. The summed E-state index contributed by atoms with van der Waals surface area (Å²) in [6.45, 7) is 9.93. The van der Waals surface area contributed by atoms with Gasteiger partial charge in [0.05, 0.1) is 11.9 Å². The summed E-state index contributed by atoms with van der Waals surface area (Å²) in [6, 6.07) is 0.536. The summed E-state index contributed by atoms with van der Waals surface area (Å²) >= 11 is 0. The van der Waals surface area contributed by atoms with Gasteiger partial charge in [-0.1, -0.05) is 20.8 Å². The Morgan fingerprint density at radius 1 is 1.43 bits per heavy atom. The molecule has 0 amide bonds. The topological polar surface area (TPSA) is 39.1 Å². The van der Waals surface area contributed by atoms with E-state index in [1.807, 2.05) is 6.33 Å². The van der Waals surface area contributed by atoms with E-state index in [1.54, 1.807) is 0 Å². The lowest BCUT2D eigenvalue weighted by atomic mass is 9.83. The molecular weight excluding hydrogens is 262 g/mol. The third kappa shape index (κ3) is 2.64. The SMILES string of the molecule is CCC1(CC)CC(n2cncc2C2(C)CCNC2)CCO1. The Labute approximate surface area is 128 Å². The monoisotopic (exact) mass is 291 g/mol. The van der Waals surface area contributed by atoms with E-state index in [4.69, 9.17) is 4.74 Å². The first-order valence-corrected chi connectivity index (χ1v) is 8.49. The van der Waals surface area contributed by atoms with Gasteiger partial charge in [-0.25, -0.2) is 4.98 Å². The molecule has 1 aromatic heterocycles. The first kappa shape index (κ1) is 15.0. The van der Waals surface area contributed by atoms with Crippen LogP contribution in [0.25, 0.3) is 0 Å². The number of imidazole rings is 1. The van der Waals surface area contributed by atoms with Gasteiger partial charge in [-0.3, -0.25) is 0 Å². The molecule has 2 atom stereocenters. The third-order valence-corrected chi connectivity index (χ3v) is 5.80. The fraction of sp³-hybridized carbons (Fsp3) is 0.824. The molecule has 2 aliphatic rings. The Balaban J connectivity index is 1.86. The van der Waals surface area contributed by atoms with E-state index in [2.05, 4.69) is 41.8 Å². The Bertz CT molecular complexity index is 472. The van der Waals surface area contributed by atoms with E-state index in [-0.39, 0.29) is 11.0 Å². The van der Waals surface area contributed by atoms with E-state index < -0.39 is 0 Å². The lowest BCUT2D eigenvalue weighted by molar-refractivity contribution is -0.0992. The lowest BCUT2D eigenvalue weighted by Crippen LogP contribution is -2.40. The van der Waals surface area contributed by atoms with Crippen LogP contribution in [0.15, 0.2) is 12.5 Å². The Hall–Kier alpha value is -0.870. The van der Waals surface area contributed by atoms with Crippen molar-refractivity contribution in [2.75, 3.05) is 19.7 Å². The number of ether oxygens (including phenoxy) is 1. The lowest BCUT2D eigenvalue weighted by Gasteiger charge is -2.41. The van der Waals surface area contributed by atoms with Gasteiger partial charge in [-0.2, -0.15) is 0 Å². The normalized spacial score (nSPS) is 32.4. The van der Waals surface area contributed by atoms with Gasteiger partial charge >= 0.3 is 0 Å². The van der Waals surface area contributed by atoms with E-state index >= 15 is 0 Å². The summed E-state index contributed by atoms with van der Waals surface area (Å²) in [5.74, 6) is 0. The molecule has 0 bridgehead atoms. The zero-order chi connectivity index (χ0) is 14.9. The van der Waals surface area contributed by atoms with Crippen LogP contribution in [-0.4, -0.2) is 34.8 Å². The molecule has 0 aromatic carbocycles. The van der Waals surface area contributed by atoms with Crippen LogP contribution < -0.4 is 5.32 Å². The predicted octanol–water partition coefficient (Wildman–Crippen LogP) is 3.04. The average molecular weight is 291 g/mol. The minimum atomic E-state index is 0.0687. The predicted molar refractivity (Wildman–Crippen MR) is 84.6 cm³/mol. The van der Waals surface area contributed by atoms with Crippen LogP contribution in [0, 0.1) is 0 Å². The average Bonchev–Trinajstić information content (AvgIpc) is 3.17. The molecule has 2 saturated heterocycles. The zero-order valence-electron chi connectivity index (χ0n) is 13.7. The molecule has 0 saturated carbocycles. The van der Waals surface area contributed by atoms with Crippen molar-refractivity contribution in [1.29, 1.82) is 0 Å². The van der Waals surface area contributed by atoms with Gasteiger partial charge in [0, 0.05) is 36.5 Å². The maximum atomic E-state index is 6.14. The molecule has 118 valence electrons. The molecule has 1 N–H and O–H groups in total. The molecule has 0 radical (unpaired) electrons. The Morgan fingerprint density at radius 2 is 2.24 bits per heavy atom. The highest BCUT2D eigenvalue weighted by Gasteiger charge is 2.39. The van der Waals surface area contributed by atoms with Gasteiger partial charge in [0.25, 0.3) is 0 Å². The summed E-state index contributed by atoms with van der Waals surface area (Å²) in [5.41, 5.74) is 1.70. The summed E-state index contributed by atoms with van der Waals surface area (Å²) in [4.78, 5) is 4.48. The molecule has 0 spiro atoms. The van der Waals surface area contributed by atoms with Crippen molar-refractivity contribution in [2.45, 2.75) is 69.9 Å². The first-order valence-electron chi connectivity index (χ1n) is 8.49. The molecular formula is C17H29N3O. The maximum absolute atomic E-state index is 6.14. The van der Waals surface area contributed by atoms with Crippen molar-refractivity contribution in [3.8, 4) is 0 Å². The van der Waals surface area contributed by atoms with Crippen LogP contribution in [0.3, 0.4) is 0 Å². The van der Waals surface area contributed by atoms with Crippen LogP contribution in [0.2, 0.25) is 0 Å². The summed E-state index contributed by atoms with van der Waals surface area (Å²) in [5, 5.41) is 3.50. The van der Waals surface area contributed by atoms with Crippen molar-refractivity contribution in [2.24, 2.45) is 0 Å². The molecule has 21 heavy (non-hydrogen) atoms. The molecule has 3 rings (SSSR count). The highest BCUT2D eigenvalue weighted by Crippen LogP contribution is 2.40. The molecule has 4 nitrogen and oxygen atoms in total. The number of nitrogens with zero attached hydrogens (tertiary/aromatic N) is 2. The number of hydrogen-bond donors (Lipinski definition) is 1. The standard InChI is InChI=1S/C17H29N3O/c1-4-17(5-2)10-14(6-9-21-17)20-13-19-11-15(20)16(3)7-8-18-12-16/h11,13-14,18H,4-10,12H2,1-3H3. The van der Waals surface area contributed by atoms with Gasteiger partial charge in [0.15, 0.2) is 0 Å². The number of aromatic nitrogens is 2. The Morgan fingerprint density at radius 3 is 2.90 bits per heavy atom. The van der Waals surface area contributed by atoms with E-state index in [0.717, 1.165) is 45.4 Å². The number of hydrogen-bond acceptors (Lipinski definition) is 3. The smallest absolute Gasteiger partial charge is 0.0951 e. The fourth-order valence-corrected chi connectivity index (χ4v) is 4.08. The van der Waals surface area contributed by atoms with Gasteiger partial charge in [0.1, 0.15) is 0 Å². The van der Waals surface area contributed by atoms with Crippen molar-refractivity contribution >= 4 is 0 Å². The van der Waals surface area contributed by atoms with Crippen LogP contribution in [0.1, 0.15) is 64.6 Å².